The maximum absolute atomic E-state index is 12.5. The van der Waals surface area contributed by atoms with Gasteiger partial charge < -0.3 is 14.1 Å². The number of carbonyl (C=O) groups is 2. The van der Waals surface area contributed by atoms with Crippen molar-refractivity contribution in [3.05, 3.63) is 48.4 Å². The highest BCUT2D eigenvalue weighted by Crippen LogP contribution is 2.25. The van der Waals surface area contributed by atoms with Gasteiger partial charge in [-0.2, -0.15) is 0 Å². The van der Waals surface area contributed by atoms with Crippen molar-refractivity contribution < 1.29 is 18.7 Å². The number of nitrogens with zero attached hydrogens (tertiary/aromatic N) is 1. The van der Waals surface area contributed by atoms with Gasteiger partial charge in [-0.05, 0) is 18.6 Å². The van der Waals surface area contributed by atoms with E-state index < -0.39 is 5.97 Å². The van der Waals surface area contributed by atoms with Crippen LogP contribution in [0.5, 0.6) is 0 Å². The number of hydrogen-bond donors (Lipinski definition) is 0. The second-order valence-corrected chi connectivity index (χ2v) is 4.42. The van der Waals surface area contributed by atoms with Gasteiger partial charge in [0.25, 0.3) is 5.91 Å². The molecule has 0 fully saturated rings. The van der Waals surface area contributed by atoms with Crippen molar-refractivity contribution in [1.82, 2.24) is 4.90 Å². The molecule has 1 aromatic carbocycles. The summed E-state index contributed by atoms with van der Waals surface area (Å²) >= 11 is 0. The molecule has 110 valence electrons. The summed E-state index contributed by atoms with van der Waals surface area (Å²) in [5, 5.41) is 0. The van der Waals surface area contributed by atoms with E-state index in [4.69, 9.17) is 4.42 Å². The summed E-state index contributed by atoms with van der Waals surface area (Å²) < 4.78 is 9.94. The molecule has 0 aliphatic rings. The van der Waals surface area contributed by atoms with Crippen molar-refractivity contribution >= 4 is 11.9 Å². The second-order valence-electron chi connectivity index (χ2n) is 4.42. The molecule has 0 radical (unpaired) electrons. The molecule has 0 bridgehead atoms. The summed E-state index contributed by atoms with van der Waals surface area (Å²) in [7, 11) is 1.29. The molecule has 5 nitrogen and oxygen atoms in total. The van der Waals surface area contributed by atoms with E-state index in [1.807, 2.05) is 30.3 Å². The first-order chi connectivity index (χ1) is 10.2. The van der Waals surface area contributed by atoms with Crippen LogP contribution >= 0.6 is 0 Å². The van der Waals surface area contributed by atoms with Gasteiger partial charge in [0.15, 0.2) is 5.76 Å². The lowest BCUT2D eigenvalue weighted by atomic mass is 10.1. The third-order valence-corrected chi connectivity index (χ3v) is 3.16. The topological polar surface area (TPSA) is 59.8 Å². The van der Waals surface area contributed by atoms with Crippen LogP contribution in [0.4, 0.5) is 0 Å². The van der Waals surface area contributed by atoms with E-state index in [1.54, 1.807) is 13.0 Å². The van der Waals surface area contributed by atoms with Crippen molar-refractivity contribution in [3.63, 3.8) is 0 Å². The van der Waals surface area contributed by atoms with Gasteiger partial charge in [0.05, 0.1) is 13.4 Å². The van der Waals surface area contributed by atoms with Gasteiger partial charge in [-0.25, -0.2) is 0 Å². The minimum atomic E-state index is -0.460. The molecule has 0 aliphatic heterocycles. The molecule has 0 atom stereocenters. The van der Waals surface area contributed by atoms with Crippen molar-refractivity contribution in [3.8, 4) is 11.1 Å². The molecule has 2 rings (SSSR count). The van der Waals surface area contributed by atoms with Gasteiger partial charge in [-0.15, -0.1) is 0 Å². The SMILES string of the molecule is CCN(CC(=O)OC)C(=O)c1occc1-c1ccccc1. The van der Waals surface area contributed by atoms with Gasteiger partial charge in [-0.3, -0.25) is 9.59 Å². The van der Waals surface area contributed by atoms with Crippen LogP contribution in [-0.4, -0.2) is 37.0 Å². The molecular formula is C16H17NO4. The Morgan fingerprint density at radius 3 is 2.52 bits per heavy atom. The summed E-state index contributed by atoms with van der Waals surface area (Å²) in [5.74, 6) is -0.559. The quantitative estimate of drug-likeness (QED) is 0.793. The average Bonchev–Trinajstić information content (AvgIpc) is 3.02. The molecule has 0 aliphatic carbocycles. The fourth-order valence-corrected chi connectivity index (χ4v) is 2.01. The number of rotatable bonds is 5. The molecular weight excluding hydrogens is 270 g/mol. The minimum Gasteiger partial charge on any atom is -0.468 e. The number of hydrogen-bond acceptors (Lipinski definition) is 4. The van der Waals surface area contributed by atoms with Gasteiger partial charge in [0.1, 0.15) is 6.54 Å². The maximum atomic E-state index is 12.5. The smallest absolute Gasteiger partial charge is 0.325 e. The van der Waals surface area contributed by atoms with Gasteiger partial charge in [0.2, 0.25) is 0 Å². The molecule has 1 aromatic heterocycles. The molecule has 0 unspecified atom stereocenters. The van der Waals surface area contributed by atoms with Crippen LogP contribution in [-0.2, 0) is 9.53 Å². The Morgan fingerprint density at radius 1 is 1.19 bits per heavy atom. The van der Waals surface area contributed by atoms with Crippen LogP contribution < -0.4 is 0 Å². The number of amides is 1. The van der Waals surface area contributed by atoms with Crippen LogP contribution in [0.25, 0.3) is 11.1 Å². The lowest BCUT2D eigenvalue weighted by molar-refractivity contribution is -0.141. The molecule has 0 spiro atoms. The first-order valence-corrected chi connectivity index (χ1v) is 6.66. The summed E-state index contributed by atoms with van der Waals surface area (Å²) in [6.45, 7) is 2.09. The molecule has 1 heterocycles. The Morgan fingerprint density at radius 2 is 1.90 bits per heavy atom. The Balaban J connectivity index is 2.28. The highest BCUT2D eigenvalue weighted by atomic mass is 16.5. The Hall–Kier alpha value is -2.56. The Bertz CT molecular complexity index is 618. The summed E-state index contributed by atoms with van der Waals surface area (Å²) in [6, 6.07) is 11.2. The van der Waals surface area contributed by atoms with Crippen LogP contribution in [0.2, 0.25) is 0 Å². The third kappa shape index (κ3) is 3.31. The van der Waals surface area contributed by atoms with E-state index >= 15 is 0 Å². The first kappa shape index (κ1) is 14.8. The van der Waals surface area contributed by atoms with Crippen molar-refractivity contribution in [2.75, 3.05) is 20.2 Å². The highest BCUT2D eigenvalue weighted by molar-refractivity contribution is 5.99. The van der Waals surface area contributed by atoms with E-state index in [0.29, 0.717) is 12.1 Å². The summed E-state index contributed by atoms with van der Waals surface area (Å²) in [6.07, 6.45) is 1.47. The maximum Gasteiger partial charge on any atom is 0.325 e. The molecule has 2 aromatic rings. The van der Waals surface area contributed by atoms with E-state index in [9.17, 15) is 9.59 Å². The summed E-state index contributed by atoms with van der Waals surface area (Å²) in [5.41, 5.74) is 1.60. The molecule has 5 heteroatoms. The minimum absolute atomic E-state index is 0.0965. The average molecular weight is 287 g/mol. The lowest BCUT2D eigenvalue weighted by Crippen LogP contribution is -2.36. The predicted octanol–water partition coefficient (Wildman–Crippen LogP) is 2.58. The number of benzene rings is 1. The van der Waals surface area contributed by atoms with E-state index in [-0.39, 0.29) is 18.2 Å². The first-order valence-electron chi connectivity index (χ1n) is 6.66. The zero-order valence-electron chi connectivity index (χ0n) is 12.0. The molecule has 0 N–H and O–H groups in total. The monoisotopic (exact) mass is 287 g/mol. The zero-order valence-corrected chi connectivity index (χ0v) is 12.0. The number of furan rings is 1. The number of carbonyl (C=O) groups excluding carboxylic acids is 2. The van der Waals surface area contributed by atoms with Crippen LogP contribution in [0.1, 0.15) is 17.5 Å². The molecule has 0 saturated heterocycles. The highest BCUT2D eigenvalue weighted by Gasteiger charge is 2.23. The third-order valence-electron chi connectivity index (χ3n) is 3.16. The van der Waals surface area contributed by atoms with Gasteiger partial charge in [0, 0.05) is 12.1 Å². The van der Waals surface area contributed by atoms with E-state index in [0.717, 1.165) is 5.56 Å². The normalized spacial score (nSPS) is 10.2. The molecule has 21 heavy (non-hydrogen) atoms. The zero-order chi connectivity index (χ0) is 15.2. The lowest BCUT2D eigenvalue weighted by Gasteiger charge is -2.18. The number of likely N-dealkylation sites (N-methyl/N-ethyl adjacent to an activating group) is 1. The second kappa shape index (κ2) is 6.74. The number of esters is 1. The fraction of sp³-hybridized carbons (Fsp3) is 0.250. The van der Waals surface area contributed by atoms with Crippen molar-refractivity contribution in [2.45, 2.75) is 6.92 Å². The predicted molar refractivity (Wildman–Crippen MR) is 77.7 cm³/mol. The Labute approximate surface area is 123 Å². The van der Waals surface area contributed by atoms with Crippen LogP contribution in [0, 0.1) is 0 Å². The Kier molecular flexibility index (Phi) is 4.77. The van der Waals surface area contributed by atoms with Crippen molar-refractivity contribution in [2.24, 2.45) is 0 Å². The number of ether oxygens (including phenoxy) is 1. The van der Waals surface area contributed by atoms with Crippen molar-refractivity contribution in [1.29, 1.82) is 0 Å². The van der Waals surface area contributed by atoms with E-state index in [2.05, 4.69) is 4.74 Å². The van der Waals surface area contributed by atoms with Gasteiger partial charge in [-0.1, -0.05) is 30.3 Å². The standard InChI is InChI=1S/C16H17NO4/c1-3-17(11-14(18)20-2)16(19)15-13(9-10-21-15)12-7-5-4-6-8-12/h4-10H,3,11H2,1-2H3. The fourth-order valence-electron chi connectivity index (χ4n) is 2.01. The molecule has 1 amide bonds. The van der Waals surface area contributed by atoms with Crippen LogP contribution in [0.3, 0.4) is 0 Å². The summed E-state index contributed by atoms with van der Waals surface area (Å²) in [4.78, 5) is 25.3. The van der Waals surface area contributed by atoms with E-state index in [1.165, 1.54) is 18.3 Å². The molecule has 0 saturated carbocycles. The largest absolute Gasteiger partial charge is 0.468 e. The van der Waals surface area contributed by atoms with Gasteiger partial charge >= 0.3 is 5.97 Å². The number of methoxy groups -OCH3 is 1. The van der Waals surface area contributed by atoms with Crippen LogP contribution in [0.15, 0.2) is 47.1 Å².